The molecule has 1 unspecified atom stereocenters. The minimum absolute atomic E-state index is 0.0101. The third kappa shape index (κ3) is 4.92. The molecule has 0 spiro atoms. The molecule has 2 aromatic carbocycles. The second kappa shape index (κ2) is 10.4. The molecule has 8 nitrogen and oxygen atoms in total. The number of carbonyl (C=O) groups excluding carboxylic acids is 2. The van der Waals surface area contributed by atoms with Crippen LogP contribution in [-0.4, -0.2) is 53.9 Å². The topological polar surface area (TPSA) is 96.1 Å². The number of nitrogens with zero attached hydrogens (tertiary/aromatic N) is 3. The van der Waals surface area contributed by atoms with Crippen LogP contribution in [0.1, 0.15) is 34.3 Å². The summed E-state index contributed by atoms with van der Waals surface area (Å²) in [5.41, 5.74) is 0.954. The van der Waals surface area contributed by atoms with Gasteiger partial charge in [-0.3, -0.25) is 14.5 Å². The van der Waals surface area contributed by atoms with E-state index < -0.39 is 29.3 Å². The number of ether oxygens (including phenoxy) is 1. The van der Waals surface area contributed by atoms with Crippen molar-refractivity contribution in [3.63, 3.8) is 0 Å². The van der Waals surface area contributed by atoms with Gasteiger partial charge in [0.1, 0.15) is 17.3 Å². The van der Waals surface area contributed by atoms with Crippen molar-refractivity contribution in [2.45, 2.75) is 19.4 Å². The first-order chi connectivity index (χ1) is 18.2. The maximum atomic E-state index is 13.8. The van der Waals surface area contributed by atoms with Crippen molar-refractivity contribution >= 4 is 38.4 Å². The lowest BCUT2D eigenvalue weighted by molar-refractivity contribution is -0.117. The Labute approximate surface area is 222 Å². The van der Waals surface area contributed by atoms with E-state index in [1.165, 1.54) is 29.2 Å². The maximum absolute atomic E-state index is 13.8. The van der Waals surface area contributed by atoms with Crippen molar-refractivity contribution in [2.75, 3.05) is 32.1 Å². The lowest BCUT2D eigenvalue weighted by Gasteiger charge is -2.24. The van der Waals surface area contributed by atoms with Crippen LogP contribution in [0.15, 0.2) is 70.3 Å². The van der Waals surface area contributed by atoms with Crippen LogP contribution < -0.4 is 9.64 Å². The molecule has 10 heteroatoms. The molecule has 0 saturated carbocycles. The van der Waals surface area contributed by atoms with Crippen molar-refractivity contribution in [3.05, 3.63) is 88.8 Å². The number of aliphatic hydroxyl groups is 1. The first kappa shape index (κ1) is 25.6. The number of aliphatic hydroxyl groups excluding tert-OH is 1. The number of furan rings is 1. The number of thiazole rings is 1. The number of fused-ring (bicyclic) bond motifs is 1. The number of amides is 1. The monoisotopic (exact) mass is 535 g/mol. The second-order valence-corrected chi connectivity index (χ2v) is 10.3. The molecule has 1 amide bonds. The summed E-state index contributed by atoms with van der Waals surface area (Å²) in [4.78, 5) is 34.7. The van der Waals surface area contributed by atoms with Crippen LogP contribution in [0.3, 0.4) is 0 Å². The zero-order valence-electron chi connectivity index (χ0n) is 21.1. The summed E-state index contributed by atoms with van der Waals surface area (Å²) < 4.78 is 25.7. The third-order valence-corrected chi connectivity index (χ3v) is 7.19. The number of Topliss-reactive ketones (excluding diaryl/α,β-unsaturated/α-hetero) is 1. The third-order valence-electron chi connectivity index (χ3n) is 6.18. The van der Waals surface area contributed by atoms with Crippen molar-refractivity contribution in [3.8, 4) is 5.75 Å². The Morgan fingerprint density at radius 3 is 2.63 bits per heavy atom. The van der Waals surface area contributed by atoms with E-state index in [-0.39, 0.29) is 16.5 Å². The molecule has 0 bridgehead atoms. The predicted molar refractivity (Wildman–Crippen MR) is 142 cm³/mol. The number of anilines is 1. The van der Waals surface area contributed by atoms with Gasteiger partial charge in [-0.25, -0.2) is 9.37 Å². The van der Waals surface area contributed by atoms with Crippen LogP contribution in [0.25, 0.3) is 10.2 Å². The molecule has 0 saturated heterocycles. The summed E-state index contributed by atoms with van der Waals surface area (Å²) in [5, 5.41) is 11.2. The lowest BCUT2D eigenvalue weighted by Crippen LogP contribution is -2.30. The van der Waals surface area contributed by atoms with Gasteiger partial charge in [0.15, 0.2) is 16.7 Å². The van der Waals surface area contributed by atoms with E-state index in [1.54, 1.807) is 37.3 Å². The molecule has 0 radical (unpaired) electrons. The molecule has 1 aliphatic heterocycles. The molecule has 4 aromatic rings. The summed E-state index contributed by atoms with van der Waals surface area (Å²) in [6, 6.07) is 13.3. The fraction of sp³-hybridized carbons (Fsp3) is 0.250. The van der Waals surface area contributed by atoms with Gasteiger partial charge in [0, 0.05) is 6.54 Å². The summed E-state index contributed by atoms with van der Waals surface area (Å²) in [7, 11) is 3.99. The summed E-state index contributed by atoms with van der Waals surface area (Å²) >= 11 is 1.10. The standard InChI is InChI=1S/C28H26FN3O5S/c1-16-5-12-21(37-16)25(33)23-24(17-6-9-19(10-7-17)36-14-4-13-31(2)3)32(27(35)26(23)34)28-30-20-11-8-18(29)15-22(20)38-28/h5-12,15,24,34H,4,13-14H2,1-3H3. The van der Waals surface area contributed by atoms with Crippen molar-refractivity contribution in [2.24, 2.45) is 0 Å². The quantitative estimate of drug-likeness (QED) is 0.225. The SMILES string of the molecule is Cc1ccc(C(=O)C2=C(O)C(=O)N(c3nc4ccc(F)cc4s3)C2c2ccc(OCCCN(C)C)cc2)o1. The zero-order valence-corrected chi connectivity index (χ0v) is 21.9. The van der Waals surface area contributed by atoms with Gasteiger partial charge in [-0.05, 0) is 75.5 Å². The smallest absolute Gasteiger partial charge is 0.296 e. The highest BCUT2D eigenvalue weighted by Gasteiger charge is 2.46. The minimum Gasteiger partial charge on any atom is -0.503 e. The van der Waals surface area contributed by atoms with Crippen LogP contribution in [0, 0.1) is 12.7 Å². The Morgan fingerprint density at radius 1 is 1.18 bits per heavy atom. The van der Waals surface area contributed by atoms with Gasteiger partial charge >= 0.3 is 0 Å². The number of halogens is 1. The van der Waals surface area contributed by atoms with E-state index in [4.69, 9.17) is 9.15 Å². The number of carbonyl (C=O) groups is 2. The minimum atomic E-state index is -0.978. The number of benzene rings is 2. The van der Waals surface area contributed by atoms with Crippen molar-refractivity contribution in [1.29, 1.82) is 0 Å². The van der Waals surface area contributed by atoms with Crippen LogP contribution in [0.5, 0.6) is 5.75 Å². The van der Waals surface area contributed by atoms with E-state index >= 15 is 0 Å². The van der Waals surface area contributed by atoms with Gasteiger partial charge in [0.25, 0.3) is 5.91 Å². The van der Waals surface area contributed by atoms with E-state index in [2.05, 4.69) is 9.88 Å². The van der Waals surface area contributed by atoms with E-state index in [0.717, 1.165) is 24.3 Å². The molecule has 1 N–H and O–H groups in total. The Morgan fingerprint density at radius 2 is 1.95 bits per heavy atom. The van der Waals surface area contributed by atoms with Crippen LogP contribution >= 0.6 is 11.3 Å². The molecule has 1 aliphatic rings. The number of rotatable bonds is 9. The number of hydrogen-bond acceptors (Lipinski definition) is 8. The first-order valence-electron chi connectivity index (χ1n) is 12.0. The van der Waals surface area contributed by atoms with Gasteiger partial charge in [-0.2, -0.15) is 0 Å². The first-order valence-corrected chi connectivity index (χ1v) is 12.9. The summed E-state index contributed by atoms with van der Waals surface area (Å²) in [6.07, 6.45) is 0.857. The molecule has 38 heavy (non-hydrogen) atoms. The highest BCUT2D eigenvalue weighted by molar-refractivity contribution is 7.22. The van der Waals surface area contributed by atoms with Gasteiger partial charge in [-0.1, -0.05) is 23.5 Å². The fourth-order valence-electron chi connectivity index (χ4n) is 4.35. The van der Waals surface area contributed by atoms with Crippen LogP contribution in [0.4, 0.5) is 9.52 Å². The fourth-order valence-corrected chi connectivity index (χ4v) is 5.36. The predicted octanol–water partition coefficient (Wildman–Crippen LogP) is 5.45. The van der Waals surface area contributed by atoms with Crippen LogP contribution in [-0.2, 0) is 4.79 Å². The average molecular weight is 536 g/mol. The van der Waals surface area contributed by atoms with Gasteiger partial charge in [-0.15, -0.1) is 0 Å². The highest BCUT2D eigenvalue weighted by atomic mass is 32.1. The van der Waals surface area contributed by atoms with Crippen molar-refractivity contribution in [1.82, 2.24) is 9.88 Å². The largest absolute Gasteiger partial charge is 0.503 e. The molecule has 2 aromatic heterocycles. The van der Waals surface area contributed by atoms with Gasteiger partial charge in [0.05, 0.1) is 28.4 Å². The molecule has 3 heterocycles. The Bertz CT molecular complexity index is 1540. The summed E-state index contributed by atoms with van der Waals surface area (Å²) in [6.45, 7) is 3.13. The summed E-state index contributed by atoms with van der Waals surface area (Å²) in [5.74, 6) is -1.31. The molecule has 196 valence electrons. The molecular weight excluding hydrogens is 509 g/mol. The van der Waals surface area contributed by atoms with E-state index in [0.29, 0.717) is 33.9 Å². The van der Waals surface area contributed by atoms with E-state index in [1.807, 2.05) is 14.1 Å². The number of ketones is 1. The molecule has 5 rings (SSSR count). The lowest BCUT2D eigenvalue weighted by atomic mass is 9.95. The van der Waals surface area contributed by atoms with Gasteiger partial charge in [0.2, 0.25) is 5.78 Å². The Hall–Kier alpha value is -4.02. The molecule has 0 fully saturated rings. The van der Waals surface area contributed by atoms with Gasteiger partial charge < -0.3 is 19.2 Å². The molecule has 1 atom stereocenters. The number of hydrogen-bond donors (Lipinski definition) is 1. The zero-order chi connectivity index (χ0) is 27.0. The average Bonchev–Trinajstić information content (AvgIpc) is 3.57. The highest BCUT2D eigenvalue weighted by Crippen LogP contribution is 2.44. The second-order valence-electron chi connectivity index (χ2n) is 9.26. The maximum Gasteiger partial charge on any atom is 0.296 e. The Kier molecular flexibility index (Phi) is 7.00. The number of aryl methyl sites for hydroxylation is 1. The van der Waals surface area contributed by atoms with Crippen LogP contribution in [0.2, 0.25) is 0 Å². The Balaban J connectivity index is 1.53. The van der Waals surface area contributed by atoms with Crippen molar-refractivity contribution < 1.29 is 28.2 Å². The molecular formula is C28H26FN3O5S. The normalized spacial score (nSPS) is 15.8. The van der Waals surface area contributed by atoms with E-state index in [9.17, 15) is 19.1 Å². The molecule has 0 aliphatic carbocycles. The number of aromatic nitrogens is 1.